The van der Waals surface area contributed by atoms with Crippen LogP contribution < -0.4 is 9.62 Å². The summed E-state index contributed by atoms with van der Waals surface area (Å²) < 4.78 is 26.2. The summed E-state index contributed by atoms with van der Waals surface area (Å²) in [5.41, 5.74) is 0.916. The van der Waals surface area contributed by atoms with Gasteiger partial charge in [0.25, 0.3) is 0 Å². The van der Waals surface area contributed by atoms with Gasteiger partial charge in [0, 0.05) is 12.6 Å². The monoisotopic (exact) mass is 527 g/mol. The smallest absolute Gasteiger partial charge is 0.244 e. The molecule has 0 aliphatic carbocycles. The van der Waals surface area contributed by atoms with E-state index in [0.717, 1.165) is 22.5 Å². The Morgan fingerprint density at radius 1 is 1.00 bits per heavy atom. The second-order valence-electron chi connectivity index (χ2n) is 8.09. The first-order valence-electron chi connectivity index (χ1n) is 11.0. The standard InChI is InChI=1S/C24H31Cl2N3O4S/c1-5-17(3)27-24(31)20(6-2)28(15-18-11-8-7-9-12-18)22(30)16-29(34(4,32)33)21-14-10-13-19(25)23(21)26/h7-14,17,20H,5-6,15-16H2,1-4H3,(H,27,31)/t17-,20+/m0/s1. The van der Waals surface area contributed by atoms with Gasteiger partial charge in [0.15, 0.2) is 0 Å². The maximum absolute atomic E-state index is 13.6. The van der Waals surface area contributed by atoms with Crippen LogP contribution in [-0.4, -0.2) is 50.0 Å². The topological polar surface area (TPSA) is 86.8 Å². The van der Waals surface area contributed by atoms with Crippen LogP contribution in [0, 0.1) is 0 Å². The Bertz CT molecular complexity index is 1100. The van der Waals surface area contributed by atoms with Crippen molar-refractivity contribution in [2.75, 3.05) is 17.1 Å². The number of carbonyl (C=O) groups excluding carboxylic acids is 2. The normalized spacial score (nSPS) is 13.1. The fraction of sp³-hybridized carbons (Fsp3) is 0.417. The summed E-state index contributed by atoms with van der Waals surface area (Å²) in [6.45, 7) is 5.28. The summed E-state index contributed by atoms with van der Waals surface area (Å²) in [6.07, 6.45) is 2.09. The van der Waals surface area contributed by atoms with Crippen LogP contribution in [0.15, 0.2) is 48.5 Å². The Balaban J connectivity index is 2.46. The fourth-order valence-electron chi connectivity index (χ4n) is 3.42. The molecule has 2 aromatic carbocycles. The highest BCUT2D eigenvalue weighted by Gasteiger charge is 2.32. The molecule has 0 aliphatic heterocycles. The molecule has 0 saturated heterocycles. The van der Waals surface area contributed by atoms with Gasteiger partial charge in [0.05, 0.1) is 22.0 Å². The number of benzene rings is 2. The molecule has 0 bridgehead atoms. The van der Waals surface area contributed by atoms with E-state index in [1.807, 2.05) is 51.1 Å². The molecule has 0 saturated carbocycles. The molecule has 34 heavy (non-hydrogen) atoms. The van der Waals surface area contributed by atoms with Gasteiger partial charge in [-0.05, 0) is 37.5 Å². The summed E-state index contributed by atoms with van der Waals surface area (Å²) in [7, 11) is -3.89. The Kier molecular flexibility index (Phi) is 10.2. The zero-order chi connectivity index (χ0) is 25.5. The van der Waals surface area contributed by atoms with Crippen molar-refractivity contribution in [3.63, 3.8) is 0 Å². The van der Waals surface area contributed by atoms with Crippen molar-refractivity contribution < 1.29 is 18.0 Å². The lowest BCUT2D eigenvalue weighted by atomic mass is 10.1. The highest BCUT2D eigenvalue weighted by molar-refractivity contribution is 7.92. The minimum atomic E-state index is -3.89. The molecule has 7 nitrogen and oxygen atoms in total. The molecule has 0 radical (unpaired) electrons. The maximum Gasteiger partial charge on any atom is 0.244 e. The third kappa shape index (κ3) is 7.35. The number of hydrogen-bond acceptors (Lipinski definition) is 4. The molecule has 0 fully saturated rings. The van der Waals surface area contributed by atoms with E-state index < -0.39 is 28.5 Å². The van der Waals surface area contributed by atoms with Gasteiger partial charge in [0.1, 0.15) is 12.6 Å². The lowest BCUT2D eigenvalue weighted by molar-refractivity contribution is -0.140. The van der Waals surface area contributed by atoms with E-state index >= 15 is 0 Å². The lowest BCUT2D eigenvalue weighted by Crippen LogP contribution is -2.53. The molecule has 0 heterocycles. The molecule has 2 aromatic rings. The van der Waals surface area contributed by atoms with Crippen LogP contribution in [0.25, 0.3) is 0 Å². The predicted octanol–water partition coefficient (Wildman–Crippen LogP) is 4.48. The molecule has 186 valence electrons. The van der Waals surface area contributed by atoms with Gasteiger partial charge in [-0.2, -0.15) is 0 Å². The number of halogens is 2. The van der Waals surface area contributed by atoms with Crippen molar-refractivity contribution in [3.05, 3.63) is 64.1 Å². The quantitative estimate of drug-likeness (QED) is 0.466. The molecule has 2 rings (SSSR count). The van der Waals surface area contributed by atoms with Gasteiger partial charge in [-0.25, -0.2) is 8.42 Å². The zero-order valence-electron chi connectivity index (χ0n) is 19.8. The van der Waals surface area contributed by atoms with Crippen LogP contribution in [0.3, 0.4) is 0 Å². The third-order valence-electron chi connectivity index (χ3n) is 5.46. The molecular formula is C24H31Cl2N3O4S. The molecule has 2 amide bonds. The molecule has 1 N–H and O–H groups in total. The van der Waals surface area contributed by atoms with Crippen molar-refractivity contribution in [1.29, 1.82) is 0 Å². The Morgan fingerprint density at radius 2 is 1.65 bits per heavy atom. The van der Waals surface area contributed by atoms with Crippen molar-refractivity contribution in [1.82, 2.24) is 10.2 Å². The number of carbonyl (C=O) groups is 2. The van der Waals surface area contributed by atoms with Crippen LogP contribution in [0.1, 0.15) is 39.2 Å². The summed E-state index contributed by atoms with van der Waals surface area (Å²) in [6, 6.07) is 13.0. The highest BCUT2D eigenvalue weighted by Crippen LogP contribution is 2.33. The van der Waals surface area contributed by atoms with Gasteiger partial charge < -0.3 is 10.2 Å². The van der Waals surface area contributed by atoms with E-state index in [2.05, 4.69) is 5.32 Å². The number of rotatable bonds is 11. The SMILES string of the molecule is CC[C@H](C(=O)N[C@@H](C)CC)N(Cc1ccccc1)C(=O)CN(c1cccc(Cl)c1Cl)S(C)(=O)=O. The van der Waals surface area contributed by atoms with Crippen LogP contribution in [0.2, 0.25) is 10.0 Å². The van der Waals surface area contributed by atoms with Crippen molar-refractivity contribution in [2.45, 2.75) is 52.2 Å². The fourth-order valence-corrected chi connectivity index (χ4v) is 4.72. The summed E-state index contributed by atoms with van der Waals surface area (Å²) >= 11 is 12.4. The van der Waals surface area contributed by atoms with Gasteiger partial charge in [0.2, 0.25) is 21.8 Å². The molecular weight excluding hydrogens is 497 g/mol. The van der Waals surface area contributed by atoms with Gasteiger partial charge >= 0.3 is 0 Å². The predicted molar refractivity (Wildman–Crippen MR) is 138 cm³/mol. The number of sulfonamides is 1. The number of hydrogen-bond donors (Lipinski definition) is 1. The van der Waals surface area contributed by atoms with Gasteiger partial charge in [-0.1, -0.05) is 73.4 Å². The first-order valence-corrected chi connectivity index (χ1v) is 13.6. The van der Waals surface area contributed by atoms with E-state index in [0.29, 0.717) is 6.42 Å². The van der Waals surface area contributed by atoms with E-state index in [-0.39, 0.29) is 34.2 Å². The average Bonchev–Trinajstić information content (AvgIpc) is 2.79. The number of nitrogens with one attached hydrogen (secondary N) is 1. The third-order valence-corrected chi connectivity index (χ3v) is 7.40. The van der Waals surface area contributed by atoms with Gasteiger partial charge in [-0.3, -0.25) is 13.9 Å². The number of nitrogens with zero attached hydrogens (tertiary/aromatic N) is 2. The number of amides is 2. The van der Waals surface area contributed by atoms with Crippen LogP contribution in [0.5, 0.6) is 0 Å². The summed E-state index contributed by atoms with van der Waals surface area (Å²) in [5, 5.41) is 3.12. The van der Waals surface area contributed by atoms with Crippen LogP contribution >= 0.6 is 23.2 Å². The van der Waals surface area contributed by atoms with Crippen molar-refractivity contribution in [2.24, 2.45) is 0 Å². The first kappa shape index (κ1) is 28.0. The van der Waals surface area contributed by atoms with Gasteiger partial charge in [-0.15, -0.1) is 0 Å². The molecule has 2 atom stereocenters. The largest absolute Gasteiger partial charge is 0.352 e. The summed E-state index contributed by atoms with van der Waals surface area (Å²) in [5.74, 6) is -0.815. The van der Waals surface area contributed by atoms with Crippen molar-refractivity contribution >= 4 is 50.7 Å². The highest BCUT2D eigenvalue weighted by atomic mass is 35.5. The first-order chi connectivity index (χ1) is 16.0. The minimum absolute atomic E-state index is 0.0264. The molecule has 0 unspecified atom stereocenters. The van der Waals surface area contributed by atoms with Crippen LogP contribution in [-0.2, 0) is 26.2 Å². The molecule has 10 heteroatoms. The number of anilines is 1. The molecule has 0 spiro atoms. The van der Waals surface area contributed by atoms with E-state index in [9.17, 15) is 18.0 Å². The second kappa shape index (κ2) is 12.4. The van der Waals surface area contributed by atoms with E-state index in [1.54, 1.807) is 6.07 Å². The Labute approximate surface area is 212 Å². The minimum Gasteiger partial charge on any atom is -0.352 e. The molecule has 0 aromatic heterocycles. The Hall–Kier alpha value is -2.29. The van der Waals surface area contributed by atoms with Crippen LogP contribution in [0.4, 0.5) is 5.69 Å². The van der Waals surface area contributed by atoms with E-state index in [4.69, 9.17) is 23.2 Å². The average molecular weight is 529 g/mol. The lowest BCUT2D eigenvalue weighted by Gasteiger charge is -2.33. The Morgan fingerprint density at radius 3 is 2.21 bits per heavy atom. The van der Waals surface area contributed by atoms with E-state index in [1.165, 1.54) is 17.0 Å². The van der Waals surface area contributed by atoms with Crippen molar-refractivity contribution in [3.8, 4) is 0 Å². The summed E-state index contributed by atoms with van der Waals surface area (Å²) in [4.78, 5) is 28.1. The molecule has 0 aliphatic rings. The second-order valence-corrected chi connectivity index (χ2v) is 10.8. The maximum atomic E-state index is 13.6. The zero-order valence-corrected chi connectivity index (χ0v) is 22.1.